The number of aliphatic hydroxyl groups is 1. The van der Waals surface area contributed by atoms with E-state index in [9.17, 15) is 5.11 Å². The van der Waals surface area contributed by atoms with Crippen molar-refractivity contribution in [3.63, 3.8) is 0 Å². The summed E-state index contributed by atoms with van der Waals surface area (Å²) in [5.41, 5.74) is 0.914. The van der Waals surface area contributed by atoms with Crippen LogP contribution in [0.1, 0.15) is 11.9 Å². The second-order valence-electron chi connectivity index (χ2n) is 5.53. The van der Waals surface area contributed by atoms with E-state index in [0.717, 1.165) is 5.56 Å². The monoisotopic (exact) mass is 322 g/mol. The highest BCUT2D eigenvalue weighted by atomic mass is 16.8. The van der Waals surface area contributed by atoms with Crippen molar-refractivity contribution in [2.45, 2.75) is 37.0 Å². The maximum Gasteiger partial charge on any atom is 0.186 e. The van der Waals surface area contributed by atoms with Crippen LogP contribution in [0.4, 0.5) is 0 Å². The maximum absolute atomic E-state index is 10.4. The fraction of sp³-hybridized carbons (Fsp3) is 0.529. The standard InChI is InChI=1S/C17H22O6/c1-3-9-20-15-13(18)17(19-2)22-12-10-21-16(23-14(12)15)11-7-5-4-6-8-11/h3-8,12-18H,1,9-10H2,2H3/t12-,13-,14+,15-,16?,17+/m1/s1. The van der Waals surface area contributed by atoms with Crippen LogP contribution in [0.2, 0.25) is 0 Å². The number of fused-ring (bicyclic) bond motifs is 1. The Morgan fingerprint density at radius 3 is 2.78 bits per heavy atom. The molecule has 3 rings (SSSR count). The van der Waals surface area contributed by atoms with Crippen molar-refractivity contribution in [2.24, 2.45) is 0 Å². The smallest absolute Gasteiger partial charge is 0.186 e. The third kappa shape index (κ3) is 3.47. The van der Waals surface area contributed by atoms with Crippen LogP contribution >= 0.6 is 0 Å². The van der Waals surface area contributed by atoms with Gasteiger partial charge in [-0.25, -0.2) is 0 Å². The maximum atomic E-state index is 10.4. The minimum Gasteiger partial charge on any atom is -0.385 e. The highest BCUT2D eigenvalue weighted by molar-refractivity contribution is 5.16. The Hall–Kier alpha value is -1.28. The van der Waals surface area contributed by atoms with Crippen LogP contribution in [0.25, 0.3) is 0 Å². The predicted octanol–water partition coefficient (Wildman–Crippen LogP) is 1.40. The zero-order chi connectivity index (χ0) is 16.2. The number of hydrogen-bond acceptors (Lipinski definition) is 6. The number of benzene rings is 1. The molecule has 1 aromatic carbocycles. The Balaban J connectivity index is 1.77. The minimum atomic E-state index is -0.948. The van der Waals surface area contributed by atoms with Gasteiger partial charge in [-0.15, -0.1) is 6.58 Å². The highest BCUT2D eigenvalue weighted by Gasteiger charge is 2.50. The van der Waals surface area contributed by atoms with Crippen molar-refractivity contribution in [2.75, 3.05) is 20.3 Å². The first-order valence-electron chi connectivity index (χ1n) is 7.65. The molecule has 2 heterocycles. The lowest BCUT2D eigenvalue weighted by atomic mass is 9.97. The van der Waals surface area contributed by atoms with Gasteiger partial charge in [-0.05, 0) is 0 Å². The molecule has 23 heavy (non-hydrogen) atoms. The highest BCUT2D eigenvalue weighted by Crippen LogP contribution is 2.35. The number of aliphatic hydroxyl groups excluding tert-OH is 1. The van der Waals surface area contributed by atoms with Crippen molar-refractivity contribution in [1.29, 1.82) is 0 Å². The van der Waals surface area contributed by atoms with Gasteiger partial charge >= 0.3 is 0 Å². The molecule has 0 radical (unpaired) electrons. The summed E-state index contributed by atoms with van der Waals surface area (Å²) in [6, 6.07) is 9.65. The molecule has 0 spiro atoms. The molecule has 2 aliphatic heterocycles. The first-order chi connectivity index (χ1) is 11.2. The van der Waals surface area contributed by atoms with Crippen LogP contribution < -0.4 is 0 Å². The summed E-state index contributed by atoms with van der Waals surface area (Å²) in [6.45, 7) is 4.29. The molecule has 0 saturated carbocycles. The Kier molecular flexibility index (Phi) is 5.42. The van der Waals surface area contributed by atoms with E-state index in [0.29, 0.717) is 13.2 Å². The Morgan fingerprint density at radius 1 is 1.30 bits per heavy atom. The quantitative estimate of drug-likeness (QED) is 0.827. The normalized spacial score (nSPS) is 37.1. The first-order valence-corrected chi connectivity index (χ1v) is 7.65. The fourth-order valence-corrected chi connectivity index (χ4v) is 2.91. The molecule has 6 atom stereocenters. The van der Waals surface area contributed by atoms with E-state index in [1.165, 1.54) is 7.11 Å². The van der Waals surface area contributed by atoms with Gasteiger partial charge in [-0.3, -0.25) is 0 Å². The minimum absolute atomic E-state index is 0.307. The molecule has 0 aromatic heterocycles. The SMILES string of the molecule is C=CCO[C@@H]1[C@@H](O)[C@@H](OC)O[C@@H]2COC(c3ccccc3)O[C@H]12. The van der Waals surface area contributed by atoms with Crippen molar-refractivity contribution in [3.05, 3.63) is 48.6 Å². The average Bonchev–Trinajstić information content (AvgIpc) is 2.61. The number of methoxy groups -OCH3 is 1. The lowest BCUT2D eigenvalue weighted by Crippen LogP contribution is -2.62. The molecule has 2 aliphatic rings. The van der Waals surface area contributed by atoms with E-state index in [2.05, 4.69) is 6.58 Å². The van der Waals surface area contributed by atoms with Crippen molar-refractivity contribution < 1.29 is 28.8 Å². The summed E-state index contributed by atoms with van der Waals surface area (Å²) >= 11 is 0. The molecule has 0 aliphatic carbocycles. The number of ether oxygens (including phenoxy) is 5. The molecule has 6 nitrogen and oxygen atoms in total. The van der Waals surface area contributed by atoms with Crippen LogP contribution in [-0.4, -0.2) is 56.1 Å². The van der Waals surface area contributed by atoms with Gasteiger partial charge in [0.05, 0.1) is 13.2 Å². The Bertz CT molecular complexity index is 507. The van der Waals surface area contributed by atoms with Gasteiger partial charge in [0.1, 0.15) is 24.4 Å². The van der Waals surface area contributed by atoms with E-state index >= 15 is 0 Å². The molecule has 2 fully saturated rings. The average molecular weight is 322 g/mol. The molecular formula is C17H22O6. The third-order valence-corrected chi connectivity index (χ3v) is 4.02. The number of hydrogen-bond donors (Lipinski definition) is 1. The van der Waals surface area contributed by atoms with E-state index in [-0.39, 0.29) is 6.10 Å². The van der Waals surface area contributed by atoms with Gasteiger partial charge in [-0.1, -0.05) is 36.4 Å². The molecule has 1 N–H and O–H groups in total. The summed E-state index contributed by atoms with van der Waals surface area (Å²) in [5.74, 6) is 0. The van der Waals surface area contributed by atoms with Gasteiger partial charge in [0.15, 0.2) is 12.6 Å². The predicted molar refractivity (Wildman–Crippen MR) is 81.6 cm³/mol. The molecule has 0 bridgehead atoms. The van der Waals surface area contributed by atoms with Crippen LogP contribution in [0.5, 0.6) is 0 Å². The first kappa shape index (κ1) is 16.6. The molecule has 1 unspecified atom stereocenters. The van der Waals surface area contributed by atoms with Crippen LogP contribution in [0.15, 0.2) is 43.0 Å². The summed E-state index contributed by atoms with van der Waals surface area (Å²) in [6.07, 6.45) is -1.99. The molecular weight excluding hydrogens is 300 g/mol. The molecule has 1 aromatic rings. The topological polar surface area (TPSA) is 66.4 Å². The Labute approximate surface area is 135 Å². The summed E-state index contributed by atoms with van der Waals surface area (Å²) < 4.78 is 28.4. The molecule has 126 valence electrons. The fourth-order valence-electron chi connectivity index (χ4n) is 2.91. The van der Waals surface area contributed by atoms with Crippen molar-refractivity contribution >= 4 is 0 Å². The molecule has 2 saturated heterocycles. The second kappa shape index (κ2) is 7.53. The van der Waals surface area contributed by atoms with Gasteiger partial charge in [0.25, 0.3) is 0 Å². The molecule has 6 heteroatoms. The van der Waals surface area contributed by atoms with Crippen molar-refractivity contribution in [3.8, 4) is 0 Å². The summed E-state index contributed by atoms with van der Waals surface area (Å²) in [5, 5.41) is 10.4. The lowest BCUT2D eigenvalue weighted by molar-refractivity contribution is -0.362. The van der Waals surface area contributed by atoms with E-state index < -0.39 is 30.9 Å². The second-order valence-corrected chi connectivity index (χ2v) is 5.53. The molecule has 0 amide bonds. The van der Waals surface area contributed by atoms with E-state index in [1.54, 1.807) is 6.08 Å². The zero-order valence-corrected chi connectivity index (χ0v) is 13.0. The van der Waals surface area contributed by atoms with Gasteiger partial charge < -0.3 is 28.8 Å². The zero-order valence-electron chi connectivity index (χ0n) is 13.0. The lowest BCUT2D eigenvalue weighted by Gasteiger charge is -2.47. The Morgan fingerprint density at radius 2 is 2.09 bits per heavy atom. The van der Waals surface area contributed by atoms with E-state index in [4.69, 9.17) is 23.7 Å². The number of rotatable bonds is 5. The van der Waals surface area contributed by atoms with Crippen LogP contribution in [0, 0.1) is 0 Å². The van der Waals surface area contributed by atoms with Gasteiger partial charge in [0, 0.05) is 12.7 Å². The summed E-state index contributed by atoms with van der Waals surface area (Å²) in [4.78, 5) is 0. The van der Waals surface area contributed by atoms with Crippen LogP contribution in [-0.2, 0) is 23.7 Å². The largest absolute Gasteiger partial charge is 0.385 e. The van der Waals surface area contributed by atoms with Gasteiger partial charge in [-0.2, -0.15) is 0 Å². The van der Waals surface area contributed by atoms with Crippen LogP contribution in [0.3, 0.4) is 0 Å². The third-order valence-electron chi connectivity index (χ3n) is 4.02. The van der Waals surface area contributed by atoms with Gasteiger partial charge in [0.2, 0.25) is 0 Å². The van der Waals surface area contributed by atoms with Crippen molar-refractivity contribution in [1.82, 2.24) is 0 Å². The van der Waals surface area contributed by atoms with E-state index in [1.807, 2.05) is 30.3 Å². The summed E-state index contributed by atoms with van der Waals surface area (Å²) in [7, 11) is 1.48.